The average molecular weight is 487 g/mol. The Morgan fingerprint density at radius 1 is 1.00 bits per heavy atom. The van der Waals surface area contributed by atoms with Crippen LogP contribution in [0.2, 0.25) is 0 Å². The van der Waals surface area contributed by atoms with Crippen LogP contribution in [0.15, 0.2) is 72.3 Å². The van der Waals surface area contributed by atoms with Gasteiger partial charge in [0.05, 0.1) is 17.7 Å². The molecule has 4 amide bonds. The molecule has 0 aliphatic carbocycles. The second kappa shape index (κ2) is 10.1. The van der Waals surface area contributed by atoms with Crippen molar-refractivity contribution in [1.29, 1.82) is 0 Å². The highest BCUT2D eigenvalue weighted by Gasteiger charge is 2.37. The molecule has 0 bridgehead atoms. The van der Waals surface area contributed by atoms with Crippen molar-refractivity contribution in [2.45, 2.75) is 13.5 Å². The summed E-state index contributed by atoms with van der Waals surface area (Å²) in [5.74, 6) is -0.949. The molecule has 0 aromatic heterocycles. The Morgan fingerprint density at radius 3 is 2.50 bits per heavy atom. The second-order valence-electron chi connectivity index (χ2n) is 7.92. The predicted molar refractivity (Wildman–Crippen MR) is 131 cm³/mol. The lowest BCUT2D eigenvalue weighted by Gasteiger charge is -2.26. The minimum absolute atomic E-state index is 0.0393. The van der Waals surface area contributed by atoms with E-state index in [0.29, 0.717) is 28.6 Å². The molecular formula is C26H21N3O7. The standard InChI is InChI=1S/C26H21N3O7/c1-16-5-3-6-18(11-16)15-36-22-10-9-17(13-23(22)35-2)12-21-24(30)27-26(32)28(25(21)31)19-7-4-8-20(14-19)29(33)34/h3-14H,15H2,1-2H3,(H,27,30,32)/b21-12+. The Hall–Kier alpha value is -4.99. The first-order chi connectivity index (χ1) is 17.3. The molecule has 182 valence electrons. The van der Waals surface area contributed by atoms with Crippen molar-refractivity contribution in [2.75, 3.05) is 12.0 Å². The quantitative estimate of drug-likeness (QED) is 0.229. The van der Waals surface area contributed by atoms with Crippen LogP contribution in [-0.2, 0) is 16.2 Å². The normalized spacial score (nSPS) is 14.6. The van der Waals surface area contributed by atoms with Gasteiger partial charge in [-0.15, -0.1) is 0 Å². The number of non-ortho nitro benzene ring substituents is 1. The van der Waals surface area contributed by atoms with E-state index in [9.17, 15) is 24.5 Å². The number of benzene rings is 3. The first-order valence-electron chi connectivity index (χ1n) is 10.8. The van der Waals surface area contributed by atoms with E-state index in [4.69, 9.17) is 9.47 Å². The van der Waals surface area contributed by atoms with Gasteiger partial charge in [0.25, 0.3) is 17.5 Å². The van der Waals surface area contributed by atoms with Gasteiger partial charge >= 0.3 is 6.03 Å². The van der Waals surface area contributed by atoms with E-state index in [1.54, 1.807) is 18.2 Å². The van der Waals surface area contributed by atoms with Crippen molar-refractivity contribution in [3.05, 3.63) is 99.1 Å². The highest BCUT2D eigenvalue weighted by molar-refractivity contribution is 6.39. The number of carbonyl (C=O) groups is 3. The van der Waals surface area contributed by atoms with E-state index in [-0.39, 0.29) is 16.9 Å². The summed E-state index contributed by atoms with van der Waals surface area (Å²) < 4.78 is 11.3. The topological polar surface area (TPSA) is 128 Å². The van der Waals surface area contributed by atoms with E-state index in [2.05, 4.69) is 5.32 Å². The van der Waals surface area contributed by atoms with Gasteiger partial charge in [0.15, 0.2) is 11.5 Å². The third-order valence-electron chi connectivity index (χ3n) is 5.38. The van der Waals surface area contributed by atoms with E-state index in [1.165, 1.54) is 31.4 Å². The number of nitro benzene ring substituents is 1. The number of methoxy groups -OCH3 is 1. The summed E-state index contributed by atoms with van der Waals surface area (Å²) in [5, 5.41) is 13.2. The molecule has 1 N–H and O–H groups in total. The van der Waals surface area contributed by atoms with Crippen LogP contribution < -0.4 is 19.7 Å². The molecule has 1 fully saturated rings. The number of urea groups is 1. The number of nitrogens with zero attached hydrogens (tertiary/aromatic N) is 2. The lowest BCUT2D eigenvalue weighted by Crippen LogP contribution is -2.54. The van der Waals surface area contributed by atoms with Gasteiger partial charge < -0.3 is 9.47 Å². The zero-order valence-electron chi connectivity index (χ0n) is 19.4. The van der Waals surface area contributed by atoms with Crippen molar-refractivity contribution in [1.82, 2.24) is 5.32 Å². The summed E-state index contributed by atoms with van der Waals surface area (Å²) in [4.78, 5) is 49.1. The summed E-state index contributed by atoms with van der Waals surface area (Å²) >= 11 is 0. The number of nitrogens with one attached hydrogen (secondary N) is 1. The van der Waals surface area contributed by atoms with Crippen LogP contribution in [0.3, 0.4) is 0 Å². The molecule has 0 unspecified atom stereocenters. The SMILES string of the molecule is COc1cc(/C=C2\C(=O)NC(=O)N(c3cccc([N+](=O)[O-])c3)C2=O)ccc1OCc1cccc(C)c1. The van der Waals surface area contributed by atoms with E-state index in [1.807, 2.05) is 31.2 Å². The van der Waals surface area contributed by atoms with Gasteiger partial charge in [-0.1, -0.05) is 42.0 Å². The lowest BCUT2D eigenvalue weighted by atomic mass is 10.1. The Bertz CT molecular complexity index is 1410. The second-order valence-corrected chi connectivity index (χ2v) is 7.92. The predicted octanol–water partition coefficient (Wildman–Crippen LogP) is 4.16. The molecule has 10 heteroatoms. The van der Waals surface area contributed by atoms with E-state index < -0.39 is 22.8 Å². The highest BCUT2D eigenvalue weighted by Crippen LogP contribution is 2.31. The molecule has 0 spiro atoms. The van der Waals surface area contributed by atoms with Crippen LogP contribution in [0, 0.1) is 17.0 Å². The molecule has 1 aliphatic heterocycles. The Labute approximate surface area is 205 Å². The number of barbiturate groups is 1. The van der Waals surface area contributed by atoms with Crippen molar-refractivity contribution in [3.63, 3.8) is 0 Å². The van der Waals surface area contributed by atoms with Crippen molar-refractivity contribution < 1.29 is 28.8 Å². The number of aryl methyl sites for hydroxylation is 1. The minimum atomic E-state index is -1.000. The highest BCUT2D eigenvalue weighted by atomic mass is 16.6. The molecular weight excluding hydrogens is 466 g/mol. The number of ether oxygens (including phenoxy) is 2. The van der Waals surface area contributed by atoms with Crippen LogP contribution in [0.1, 0.15) is 16.7 Å². The lowest BCUT2D eigenvalue weighted by molar-refractivity contribution is -0.384. The van der Waals surface area contributed by atoms with Gasteiger partial charge in [-0.05, 0) is 42.3 Å². The number of amides is 4. The molecule has 0 atom stereocenters. The van der Waals surface area contributed by atoms with Gasteiger partial charge in [-0.25, -0.2) is 9.69 Å². The molecule has 1 heterocycles. The molecule has 1 saturated heterocycles. The summed E-state index contributed by atoms with van der Waals surface area (Å²) in [5.41, 5.74) is 1.87. The van der Waals surface area contributed by atoms with Crippen molar-refractivity contribution in [3.8, 4) is 11.5 Å². The van der Waals surface area contributed by atoms with Crippen molar-refractivity contribution >= 4 is 35.3 Å². The summed E-state index contributed by atoms with van der Waals surface area (Å²) in [6.07, 6.45) is 1.31. The third-order valence-corrected chi connectivity index (χ3v) is 5.38. The van der Waals surface area contributed by atoms with Gasteiger partial charge in [0, 0.05) is 12.1 Å². The molecule has 0 radical (unpaired) electrons. The molecule has 4 rings (SSSR count). The first-order valence-corrected chi connectivity index (χ1v) is 10.8. The van der Waals surface area contributed by atoms with Gasteiger partial charge in [0.1, 0.15) is 12.2 Å². The minimum Gasteiger partial charge on any atom is -0.493 e. The fourth-order valence-electron chi connectivity index (χ4n) is 3.66. The summed E-state index contributed by atoms with van der Waals surface area (Å²) in [6.45, 7) is 2.31. The molecule has 10 nitrogen and oxygen atoms in total. The Balaban J connectivity index is 1.61. The largest absolute Gasteiger partial charge is 0.493 e. The fraction of sp³-hybridized carbons (Fsp3) is 0.115. The molecule has 1 aliphatic rings. The molecule has 0 saturated carbocycles. The maximum Gasteiger partial charge on any atom is 0.335 e. The maximum atomic E-state index is 13.1. The smallest absolute Gasteiger partial charge is 0.335 e. The van der Waals surface area contributed by atoms with Gasteiger partial charge in [0.2, 0.25) is 0 Å². The van der Waals surface area contributed by atoms with E-state index in [0.717, 1.165) is 17.2 Å². The first kappa shape index (κ1) is 24.1. The Morgan fingerprint density at radius 2 is 1.78 bits per heavy atom. The zero-order chi connectivity index (χ0) is 25.8. The average Bonchev–Trinajstić information content (AvgIpc) is 2.85. The monoisotopic (exact) mass is 487 g/mol. The number of imide groups is 2. The number of rotatable bonds is 7. The fourth-order valence-corrected chi connectivity index (χ4v) is 3.66. The van der Waals surface area contributed by atoms with Gasteiger partial charge in [-0.3, -0.25) is 25.0 Å². The van der Waals surface area contributed by atoms with Crippen LogP contribution in [0.25, 0.3) is 6.08 Å². The summed E-state index contributed by atoms with van der Waals surface area (Å²) in [6, 6.07) is 16.8. The van der Waals surface area contributed by atoms with Crippen molar-refractivity contribution in [2.24, 2.45) is 0 Å². The third kappa shape index (κ3) is 5.07. The Kier molecular flexibility index (Phi) is 6.77. The molecule has 3 aromatic carbocycles. The van der Waals surface area contributed by atoms with Crippen LogP contribution >= 0.6 is 0 Å². The summed E-state index contributed by atoms with van der Waals surface area (Å²) in [7, 11) is 1.47. The number of hydrogen-bond acceptors (Lipinski definition) is 7. The molecule has 3 aromatic rings. The number of carbonyl (C=O) groups excluding carboxylic acids is 3. The van der Waals surface area contributed by atoms with Crippen LogP contribution in [0.5, 0.6) is 11.5 Å². The van der Waals surface area contributed by atoms with Crippen LogP contribution in [0.4, 0.5) is 16.2 Å². The zero-order valence-corrected chi connectivity index (χ0v) is 19.4. The maximum absolute atomic E-state index is 13.1. The number of hydrogen-bond donors (Lipinski definition) is 1. The van der Waals surface area contributed by atoms with Crippen LogP contribution in [-0.4, -0.2) is 29.9 Å². The number of anilines is 1. The number of nitro groups is 1. The van der Waals surface area contributed by atoms with E-state index >= 15 is 0 Å². The molecule has 36 heavy (non-hydrogen) atoms. The van der Waals surface area contributed by atoms with Gasteiger partial charge in [-0.2, -0.15) is 0 Å².